The number of aryl methyl sites for hydroxylation is 1. The summed E-state index contributed by atoms with van der Waals surface area (Å²) in [5.41, 5.74) is 6.08. The van der Waals surface area contributed by atoms with Crippen LogP contribution < -0.4 is 5.73 Å². The molecular weight excluding hydrogens is 180 g/mol. The smallest absolute Gasteiger partial charge is 0.154 e. The van der Waals surface area contributed by atoms with Gasteiger partial charge >= 0.3 is 0 Å². The summed E-state index contributed by atoms with van der Waals surface area (Å²) in [6.07, 6.45) is 3.07. The van der Waals surface area contributed by atoms with Crippen molar-refractivity contribution in [3.05, 3.63) is 24.0 Å². The quantitative estimate of drug-likeness (QED) is 0.685. The van der Waals surface area contributed by atoms with E-state index in [4.69, 9.17) is 11.0 Å². The van der Waals surface area contributed by atoms with Crippen molar-refractivity contribution in [2.24, 2.45) is 7.05 Å². The zero-order valence-corrected chi connectivity index (χ0v) is 7.55. The molecule has 0 aliphatic heterocycles. The SMILES string of the molecule is Cn1nccc1-n1ncc(C#N)c1N. The molecule has 0 fully saturated rings. The second-order valence-corrected chi connectivity index (χ2v) is 2.78. The number of hydrogen-bond donors (Lipinski definition) is 1. The number of nitriles is 1. The van der Waals surface area contributed by atoms with Gasteiger partial charge in [-0.15, -0.1) is 0 Å². The van der Waals surface area contributed by atoms with E-state index in [1.54, 1.807) is 24.0 Å². The Hall–Kier alpha value is -2.29. The lowest BCUT2D eigenvalue weighted by atomic mass is 10.4. The Morgan fingerprint density at radius 1 is 1.50 bits per heavy atom. The normalized spacial score (nSPS) is 10.0. The fraction of sp³-hybridized carbons (Fsp3) is 0.125. The molecule has 0 bridgehead atoms. The van der Waals surface area contributed by atoms with E-state index in [1.807, 2.05) is 6.07 Å². The number of rotatable bonds is 1. The van der Waals surface area contributed by atoms with Crippen LogP contribution in [0, 0.1) is 11.3 Å². The maximum Gasteiger partial charge on any atom is 0.154 e. The first-order valence-corrected chi connectivity index (χ1v) is 3.96. The van der Waals surface area contributed by atoms with Crippen molar-refractivity contribution in [1.29, 1.82) is 5.26 Å². The number of nitrogens with zero attached hydrogens (tertiary/aromatic N) is 5. The second-order valence-electron chi connectivity index (χ2n) is 2.78. The first-order valence-electron chi connectivity index (χ1n) is 3.96. The molecule has 6 heteroatoms. The van der Waals surface area contributed by atoms with Gasteiger partial charge in [0, 0.05) is 13.1 Å². The molecule has 0 atom stereocenters. The summed E-state index contributed by atoms with van der Waals surface area (Å²) in [5, 5.41) is 16.7. The molecule has 0 unspecified atom stereocenters. The van der Waals surface area contributed by atoms with Crippen LogP contribution in [0.2, 0.25) is 0 Å². The minimum absolute atomic E-state index is 0.330. The summed E-state index contributed by atoms with van der Waals surface area (Å²) >= 11 is 0. The van der Waals surface area contributed by atoms with Crippen molar-refractivity contribution in [2.75, 3.05) is 5.73 Å². The number of nitrogen functional groups attached to an aromatic ring is 1. The van der Waals surface area contributed by atoms with Crippen LogP contribution in [0.25, 0.3) is 5.82 Å². The van der Waals surface area contributed by atoms with E-state index in [2.05, 4.69) is 10.2 Å². The fourth-order valence-corrected chi connectivity index (χ4v) is 1.20. The Morgan fingerprint density at radius 2 is 2.29 bits per heavy atom. The summed E-state index contributed by atoms with van der Waals surface area (Å²) in [6, 6.07) is 3.73. The first kappa shape index (κ1) is 8.31. The van der Waals surface area contributed by atoms with Crippen molar-refractivity contribution in [3.8, 4) is 11.9 Å². The molecule has 0 aromatic carbocycles. The lowest BCUT2D eigenvalue weighted by Gasteiger charge is -2.02. The Labute approximate surface area is 80.2 Å². The van der Waals surface area contributed by atoms with Gasteiger partial charge in [-0.3, -0.25) is 4.68 Å². The van der Waals surface area contributed by atoms with Gasteiger partial charge in [0.2, 0.25) is 0 Å². The third-order valence-electron chi connectivity index (χ3n) is 1.94. The summed E-state index contributed by atoms with van der Waals surface area (Å²) in [6.45, 7) is 0. The molecule has 0 saturated carbocycles. The van der Waals surface area contributed by atoms with E-state index in [0.717, 1.165) is 5.82 Å². The van der Waals surface area contributed by atoms with Crippen molar-refractivity contribution >= 4 is 5.82 Å². The summed E-state index contributed by atoms with van der Waals surface area (Å²) in [4.78, 5) is 0. The summed E-state index contributed by atoms with van der Waals surface area (Å²) in [7, 11) is 1.78. The maximum absolute atomic E-state index is 8.69. The topological polar surface area (TPSA) is 85.5 Å². The van der Waals surface area contributed by atoms with Crippen LogP contribution in [-0.2, 0) is 7.05 Å². The van der Waals surface area contributed by atoms with Crippen LogP contribution in [0.15, 0.2) is 18.5 Å². The van der Waals surface area contributed by atoms with E-state index in [0.29, 0.717) is 11.4 Å². The average Bonchev–Trinajstić information content (AvgIpc) is 2.72. The minimum Gasteiger partial charge on any atom is -0.382 e. The van der Waals surface area contributed by atoms with Crippen LogP contribution in [0.4, 0.5) is 5.82 Å². The lowest BCUT2D eigenvalue weighted by molar-refractivity contribution is 0.702. The van der Waals surface area contributed by atoms with Gasteiger partial charge in [0.1, 0.15) is 17.5 Å². The number of hydrogen-bond acceptors (Lipinski definition) is 4. The Balaban J connectivity index is 2.59. The molecule has 2 aromatic heterocycles. The predicted molar refractivity (Wildman–Crippen MR) is 49.5 cm³/mol. The van der Waals surface area contributed by atoms with Gasteiger partial charge in [0.05, 0.1) is 12.4 Å². The van der Waals surface area contributed by atoms with Crippen LogP contribution in [0.1, 0.15) is 5.56 Å². The van der Waals surface area contributed by atoms with Crippen LogP contribution in [0.3, 0.4) is 0 Å². The number of aromatic nitrogens is 4. The highest BCUT2D eigenvalue weighted by atomic mass is 15.4. The molecule has 0 saturated heterocycles. The summed E-state index contributed by atoms with van der Waals surface area (Å²) < 4.78 is 3.11. The fourth-order valence-electron chi connectivity index (χ4n) is 1.20. The van der Waals surface area contributed by atoms with Gasteiger partial charge < -0.3 is 5.73 Å². The maximum atomic E-state index is 8.69. The molecule has 2 N–H and O–H groups in total. The van der Waals surface area contributed by atoms with Crippen molar-refractivity contribution in [3.63, 3.8) is 0 Å². The Morgan fingerprint density at radius 3 is 2.79 bits per heavy atom. The average molecular weight is 188 g/mol. The number of anilines is 1. The third kappa shape index (κ3) is 1.03. The van der Waals surface area contributed by atoms with Crippen molar-refractivity contribution in [2.45, 2.75) is 0 Å². The third-order valence-corrected chi connectivity index (χ3v) is 1.94. The Bertz CT molecular complexity index is 500. The van der Waals surface area contributed by atoms with E-state index in [9.17, 15) is 0 Å². The van der Waals surface area contributed by atoms with Gasteiger partial charge in [-0.05, 0) is 0 Å². The standard InChI is InChI=1S/C8H8N6/c1-13-7(2-3-11-13)14-8(10)6(4-9)5-12-14/h2-3,5H,10H2,1H3. The Kier molecular flexibility index (Phi) is 1.71. The molecule has 14 heavy (non-hydrogen) atoms. The van der Waals surface area contributed by atoms with E-state index in [-0.39, 0.29) is 0 Å². The minimum atomic E-state index is 0.330. The van der Waals surface area contributed by atoms with Gasteiger partial charge in [0.15, 0.2) is 5.82 Å². The molecule has 0 aliphatic carbocycles. The number of nitrogens with two attached hydrogens (primary N) is 1. The molecule has 6 nitrogen and oxygen atoms in total. The molecule has 0 aliphatic rings. The van der Waals surface area contributed by atoms with Crippen molar-refractivity contribution in [1.82, 2.24) is 19.6 Å². The van der Waals surface area contributed by atoms with E-state index >= 15 is 0 Å². The van der Waals surface area contributed by atoms with E-state index < -0.39 is 0 Å². The monoisotopic (exact) mass is 188 g/mol. The zero-order chi connectivity index (χ0) is 10.1. The van der Waals surface area contributed by atoms with Crippen LogP contribution in [-0.4, -0.2) is 19.6 Å². The predicted octanol–water partition coefficient (Wildman–Crippen LogP) is 0.0597. The second kappa shape index (κ2) is 2.88. The van der Waals surface area contributed by atoms with Gasteiger partial charge in [-0.2, -0.15) is 20.1 Å². The van der Waals surface area contributed by atoms with Gasteiger partial charge in [0.25, 0.3) is 0 Å². The molecular formula is C8H8N6. The molecule has 70 valence electrons. The van der Waals surface area contributed by atoms with Crippen molar-refractivity contribution < 1.29 is 0 Å². The van der Waals surface area contributed by atoms with Gasteiger partial charge in [-0.1, -0.05) is 0 Å². The first-order chi connectivity index (χ1) is 6.74. The largest absolute Gasteiger partial charge is 0.382 e. The van der Waals surface area contributed by atoms with E-state index in [1.165, 1.54) is 10.9 Å². The molecule has 0 amide bonds. The highest BCUT2D eigenvalue weighted by Crippen LogP contribution is 2.14. The van der Waals surface area contributed by atoms with Crippen LogP contribution >= 0.6 is 0 Å². The summed E-state index contributed by atoms with van der Waals surface area (Å²) in [5.74, 6) is 1.06. The molecule has 0 spiro atoms. The molecule has 2 aromatic rings. The van der Waals surface area contributed by atoms with Crippen LogP contribution in [0.5, 0.6) is 0 Å². The van der Waals surface area contributed by atoms with Gasteiger partial charge in [-0.25, -0.2) is 0 Å². The molecule has 2 heterocycles. The zero-order valence-electron chi connectivity index (χ0n) is 7.55. The lowest BCUT2D eigenvalue weighted by Crippen LogP contribution is -2.07. The molecule has 0 radical (unpaired) electrons. The highest BCUT2D eigenvalue weighted by Gasteiger charge is 2.10. The molecule has 2 rings (SSSR count). The highest BCUT2D eigenvalue weighted by molar-refractivity contribution is 5.51.